The Balaban J connectivity index is 1.53. The summed E-state index contributed by atoms with van der Waals surface area (Å²) in [6.45, 7) is 2.70. The zero-order chi connectivity index (χ0) is 17.5. The van der Waals surface area contributed by atoms with Crippen molar-refractivity contribution in [2.45, 2.75) is 20.0 Å². The van der Waals surface area contributed by atoms with Gasteiger partial charge in [0.05, 0.1) is 25.3 Å². The van der Waals surface area contributed by atoms with Gasteiger partial charge in [0.15, 0.2) is 5.82 Å². The summed E-state index contributed by atoms with van der Waals surface area (Å²) in [4.78, 5) is 16.5. The number of benzene rings is 2. The summed E-state index contributed by atoms with van der Waals surface area (Å²) in [5.41, 5.74) is 2.56. The fourth-order valence-electron chi connectivity index (χ4n) is 2.39. The maximum absolute atomic E-state index is 12.2. The smallest absolute Gasteiger partial charge is 0.226 e. The van der Waals surface area contributed by atoms with Crippen LogP contribution in [-0.4, -0.2) is 27.7 Å². The monoisotopic (exact) mass is 336 g/mol. The molecule has 0 aliphatic heterocycles. The number of rotatable bonds is 7. The molecule has 0 atom stereocenters. The van der Waals surface area contributed by atoms with Crippen molar-refractivity contribution >= 4 is 11.6 Å². The summed E-state index contributed by atoms with van der Waals surface area (Å²) < 4.78 is 5.56. The van der Waals surface area contributed by atoms with E-state index in [2.05, 4.69) is 20.5 Å². The number of aromatic nitrogens is 3. The standard InChI is InChI=1S/C19H20N4O2/c1-14-20-19(23-22-14)16-9-5-6-10-17(16)21-18(24)11-12-25-13-15-7-3-2-4-8-15/h2-10H,11-13H2,1H3,(H,21,24)(H,20,22,23). The maximum atomic E-state index is 12.2. The summed E-state index contributed by atoms with van der Waals surface area (Å²) in [6, 6.07) is 17.4. The van der Waals surface area contributed by atoms with Crippen molar-refractivity contribution in [3.05, 3.63) is 66.0 Å². The number of hydrogen-bond acceptors (Lipinski definition) is 4. The fraction of sp³-hybridized carbons (Fsp3) is 0.211. The molecule has 0 aliphatic carbocycles. The number of nitrogens with zero attached hydrogens (tertiary/aromatic N) is 2. The van der Waals surface area contributed by atoms with Crippen LogP contribution in [0.1, 0.15) is 17.8 Å². The molecule has 6 nitrogen and oxygen atoms in total. The van der Waals surface area contributed by atoms with Gasteiger partial charge in [-0.15, -0.1) is 0 Å². The van der Waals surface area contributed by atoms with Gasteiger partial charge in [0, 0.05) is 5.56 Å². The lowest BCUT2D eigenvalue weighted by atomic mass is 10.1. The largest absolute Gasteiger partial charge is 0.376 e. The lowest BCUT2D eigenvalue weighted by molar-refractivity contribution is -0.117. The van der Waals surface area contributed by atoms with E-state index in [4.69, 9.17) is 4.74 Å². The van der Waals surface area contributed by atoms with Crippen LogP contribution < -0.4 is 5.32 Å². The Morgan fingerprint density at radius 1 is 1.12 bits per heavy atom. The van der Waals surface area contributed by atoms with Crippen molar-refractivity contribution in [3.63, 3.8) is 0 Å². The highest BCUT2D eigenvalue weighted by atomic mass is 16.5. The molecular formula is C19H20N4O2. The van der Waals surface area contributed by atoms with E-state index < -0.39 is 0 Å². The van der Waals surface area contributed by atoms with Crippen LogP contribution >= 0.6 is 0 Å². The Labute approximate surface area is 146 Å². The van der Waals surface area contributed by atoms with Crippen molar-refractivity contribution in [1.29, 1.82) is 0 Å². The van der Waals surface area contributed by atoms with E-state index in [-0.39, 0.29) is 12.3 Å². The molecule has 2 aromatic carbocycles. The van der Waals surface area contributed by atoms with Gasteiger partial charge >= 0.3 is 0 Å². The molecule has 2 N–H and O–H groups in total. The van der Waals surface area contributed by atoms with Gasteiger partial charge in [-0.05, 0) is 24.6 Å². The Morgan fingerprint density at radius 2 is 1.88 bits per heavy atom. The lowest BCUT2D eigenvalue weighted by Crippen LogP contribution is -2.14. The van der Waals surface area contributed by atoms with Crippen LogP contribution in [0.5, 0.6) is 0 Å². The molecule has 1 heterocycles. The van der Waals surface area contributed by atoms with Gasteiger partial charge in [0.25, 0.3) is 0 Å². The molecule has 3 aromatic rings. The van der Waals surface area contributed by atoms with E-state index >= 15 is 0 Å². The summed E-state index contributed by atoms with van der Waals surface area (Å²) in [5.74, 6) is 1.19. The van der Waals surface area contributed by atoms with Gasteiger partial charge in [0.1, 0.15) is 5.82 Å². The molecule has 1 amide bonds. The number of ether oxygens (including phenoxy) is 1. The van der Waals surface area contributed by atoms with Gasteiger partial charge in [-0.3, -0.25) is 9.89 Å². The predicted octanol–water partition coefficient (Wildman–Crippen LogP) is 3.33. The van der Waals surface area contributed by atoms with Gasteiger partial charge in [-0.1, -0.05) is 42.5 Å². The summed E-state index contributed by atoms with van der Waals surface area (Å²) in [5, 5.41) is 9.87. The number of nitrogens with one attached hydrogen (secondary N) is 2. The molecule has 0 aliphatic rings. The topological polar surface area (TPSA) is 79.9 Å². The van der Waals surface area contributed by atoms with Crippen molar-refractivity contribution in [2.24, 2.45) is 0 Å². The molecule has 0 bridgehead atoms. The minimum atomic E-state index is -0.104. The second kappa shape index (κ2) is 8.21. The second-order valence-electron chi connectivity index (χ2n) is 5.63. The highest BCUT2D eigenvalue weighted by molar-refractivity contribution is 5.94. The number of para-hydroxylation sites is 1. The molecule has 3 rings (SSSR count). The van der Waals surface area contributed by atoms with E-state index in [9.17, 15) is 4.79 Å². The van der Waals surface area contributed by atoms with Gasteiger partial charge in [0.2, 0.25) is 5.91 Å². The van der Waals surface area contributed by atoms with E-state index in [1.54, 1.807) is 0 Å². The Hall–Kier alpha value is -2.99. The summed E-state index contributed by atoms with van der Waals surface area (Å²) in [6.07, 6.45) is 0.286. The molecule has 25 heavy (non-hydrogen) atoms. The third-order valence-corrected chi connectivity index (χ3v) is 3.62. The Bertz CT molecular complexity index is 830. The van der Waals surface area contributed by atoms with Crippen LogP contribution in [0, 0.1) is 6.92 Å². The van der Waals surface area contributed by atoms with Crippen molar-refractivity contribution in [2.75, 3.05) is 11.9 Å². The van der Waals surface area contributed by atoms with Gasteiger partial charge < -0.3 is 10.1 Å². The number of H-pyrrole nitrogens is 1. The van der Waals surface area contributed by atoms with E-state index in [0.717, 1.165) is 17.0 Å². The average Bonchev–Trinajstić information content (AvgIpc) is 3.06. The van der Waals surface area contributed by atoms with Crippen molar-refractivity contribution < 1.29 is 9.53 Å². The first kappa shape index (κ1) is 16.9. The molecule has 1 aromatic heterocycles. The minimum absolute atomic E-state index is 0.104. The SMILES string of the molecule is Cc1nc(-c2ccccc2NC(=O)CCOCc2ccccc2)n[nH]1. The van der Waals surface area contributed by atoms with Crippen LogP contribution in [0.3, 0.4) is 0 Å². The normalized spacial score (nSPS) is 10.6. The molecule has 128 valence electrons. The number of hydrogen-bond donors (Lipinski definition) is 2. The van der Waals surface area contributed by atoms with Crippen LogP contribution in [-0.2, 0) is 16.1 Å². The zero-order valence-electron chi connectivity index (χ0n) is 14.0. The molecular weight excluding hydrogens is 316 g/mol. The number of carbonyl (C=O) groups is 1. The first-order valence-corrected chi connectivity index (χ1v) is 8.12. The number of aromatic amines is 1. The zero-order valence-corrected chi connectivity index (χ0v) is 14.0. The number of aryl methyl sites for hydroxylation is 1. The maximum Gasteiger partial charge on any atom is 0.226 e. The van der Waals surface area contributed by atoms with Crippen LogP contribution in [0.15, 0.2) is 54.6 Å². The minimum Gasteiger partial charge on any atom is -0.376 e. The van der Waals surface area contributed by atoms with Crippen LogP contribution in [0.4, 0.5) is 5.69 Å². The molecule has 0 radical (unpaired) electrons. The number of anilines is 1. The first-order chi connectivity index (χ1) is 12.2. The van der Waals surface area contributed by atoms with Crippen molar-refractivity contribution in [1.82, 2.24) is 15.2 Å². The molecule has 0 unspecified atom stereocenters. The first-order valence-electron chi connectivity index (χ1n) is 8.12. The van der Waals surface area contributed by atoms with E-state index in [1.165, 1.54) is 0 Å². The van der Waals surface area contributed by atoms with Crippen molar-refractivity contribution in [3.8, 4) is 11.4 Å². The molecule has 6 heteroatoms. The lowest BCUT2D eigenvalue weighted by Gasteiger charge is -2.09. The van der Waals surface area contributed by atoms with E-state index in [0.29, 0.717) is 24.7 Å². The summed E-state index contributed by atoms with van der Waals surface area (Å²) >= 11 is 0. The third-order valence-electron chi connectivity index (χ3n) is 3.62. The highest BCUT2D eigenvalue weighted by Crippen LogP contribution is 2.24. The van der Waals surface area contributed by atoms with Crippen LogP contribution in [0.25, 0.3) is 11.4 Å². The van der Waals surface area contributed by atoms with E-state index in [1.807, 2.05) is 61.5 Å². The molecule has 0 spiro atoms. The quantitative estimate of drug-likeness (QED) is 0.649. The highest BCUT2D eigenvalue weighted by Gasteiger charge is 2.11. The predicted molar refractivity (Wildman–Crippen MR) is 95.9 cm³/mol. The Kier molecular flexibility index (Phi) is 5.53. The summed E-state index contributed by atoms with van der Waals surface area (Å²) in [7, 11) is 0. The average molecular weight is 336 g/mol. The third kappa shape index (κ3) is 4.74. The molecule has 0 fully saturated rings. The van der Waals surface area contributed by atoms with Crippen LogP contribution in [0.2, 0.25) is 0 Å². The number of carbonyl (C=O) groups excluding carboxylic acids is 1. The Morgan fingerprint density at radius 3 is 2.64 bits per heavy atom. The molecule has 0 saturated carbocycles. The molecule has 0 saturated heterocycles. The fourth-order valence-corrected chi connectivity index (χ4v) is 2.39. The van der Waals surface area contributed by atoms with Gasteiger partial charge in [-0.25, -0.2) is 4.98 Å². The number of amides is 1. The van der Waals surface area contributed by atoms with Gasteiger partial charge in [-0.2, -0.15) is 5.10 Å². The second-order valence-corrected chi connectivity index (χ2v) is 5.63.